The number of sulfonamides is 1. The number of carbonyl (C=O) groups excluding carboxylic acids is 2. The summed E-state index contributed by atoms with van der Waals surface area (Å²) in [4.78, 5) is 28.1. The average molecular weight is 398 g/mol. The highest BCUT2D eigenvalue weighted by atomic mass is 35.5. The van der Waals surface area contributed by atoms with Crippen LogP contribution in [-0.2, 0) is 14.9 Å². The van der Waals surface area contributed by atoms with Crippen molar-refractivity contribution in [3.63, 3.8) is 0 Å². The number of nitrogens with one attached hydrogen (secondary N) is 1. The number of carbonyl (C=O) groups is 2. The molecule has 0 aliphatic rings. The van der Waals surface area contributed by atoms with Crippen LogP contribution in [0.3, 0.4) is 0 Å². The van der Waals surface area contributed by atoms with E-state index >= 15 is 0 Å². The molecule has 3 N–H and O–H groups in total. The molecule has 26 heavy (non-hydrogen) atoms. The predicted molar refractivity (Wildman–Crippen MR) is 96.3 cm³/mol. The van der Waals surface area contributed by atoms with E-state index in [4.69, 9.17) is 22.2 Å². The van der Waals surface area contributed by atoms with Crippen molar-refractivity contribution in [1.82, 2.24) is 4.47 Å². The normalized spacial score (nSPS) is 11.4. The lowest BCUT2D eigenvalue weighted by Crippen LogP contribution is -2.26. The van der Waals surface area contributed by atoms with Crippen molar-refractivity contribution in [2.45, 2.75) is 4.90 Å². The zero-order valence-corrected chi connectivity index (χ0v) is 15.5. The molecule has 2 aromatic rings. The van der Waals surface area contributed by atoms with Crippen molar-refractivity contribution in [3.05, 3.63) is 58.6 Å². The number of amides is 2. The van der Waals surface area contributed by atoms with Gasteiger partial charge in [-0.1, -0.05) is 22.1 Å². The molecule has 138 valence electrons. The zero-order valence-electron chi connectivity index (χ0n) is 13.9. The summed E-state index contributed by atoms with van der Waals surface area (Å²) in [6.45, 7) is 0. The fraction of sp³-hybridized carbons (Fsp3) is 0.125. The number of benzene rings is 2. The van der Waals surface area contributed by atoms with Crippen LogP contribution in [0.2, 0.25) is 5.02 Å². The molecule has 8 nitrogen and oxygen atoms in total. The van der Waals surface area contributed by atoms with Gasteiger partial charge in [0.05, 0.1) is 22.6 Å². The lowest BCUT2D eigenvalue weighted by atomic mass is 10.1. The van der Waals surface area contributed by atoms with Crippen LogP contribution in [0.1, 0.15) is 20.7 Å². The highest BCUT2D eigenvalue weighted by Gasteiger charge is 2.22. The van der Waals surface area contributed by atoms with Gasteiger partial charge >= 0.3 is 0 Å². The van der Waals surface area contributed by atoms with Gasteiger partial charge in [-0.15, -0.1) is 0 Å². The SMILES string of the molecule is CON(C)S(=O)(=O)c1cccc(C(=O)Nc2ccc(C(N)=O)c(Cl)c2)c1. The van der Waals surface area contributed by atoms with E-state index in [2.05, 4.69) is 5.32 Å². The molecule has 0 heterocycles. The Labute approximate surface area is 155 Å². The lowest BCUT2D eigenvalue weighted by molar-refractivity contribution is -0.0258. The third-order valence-electron chi connectivity index (χ3n) is 3.48. The Morgan fingerprint density at radius 3 is 2.46 bits per heavy atom. The van der Waals surface area contributed by atoms with E-state index in [0.717, 1.165) is 0 Å². The van der Waals surface area contributed by atoms with Gasteiger partial charge in [0.15, 0.2) is 0 Å². The number of primary amides is 1. The second-order valence-electron chi connectivity index (χ2n) is 5.14. The smallest absolute Gasteiger partial charge is 0.264 e. The molecule has 0 unspecified atom stereocenters. The second kappa shape index (κ2) is 7.83. The van der Waals surface area contributed by atoms with Crippen LogP contribution >= 0.6 is 11.6 Å². The minimum absolute atomic E-state index is 0.0911. The minimum atomic E-state index is -3.88. The Kier molecular flexibility index (Phi) is 5.98. The van der Waals surface area contributed by atoms with Crippen LogP contribution in [0.15, 0.2) is 47.4 Å². The summed E-state index contributed by atoms with van der Waals surface area (Å²) >= 11 is 5.94. The molecule has 2 rings (SSSR count). The van der Waals surface area contributed by atoms with Gasteiger partial charge in [-0.25, -0.2) is 8.42 Å². The van der Waals surface area contributed by atoms with Crippen LogP contribution in [0.5, 0.6) is 0 Å². The summed E-state index contributed by atoms with van der Waals surface area (Å²) in [5.74, 6) is -1.24. The number of hydroxylamine groups is 1. The Morgan fingerprint density at radius 1 is 1.19 bits per heavy atom. The molecule has 0 aliphatic carbocycles. The summed E-state index contributed by atoms with van der Waals surface area (Å²) in [5, 5.41) is 2.66. The molecule has 0 fully saturated rings. The Hall–Kier alpha value is -2.46. The van der Waals surface area contributed by atoms with Crippen molar-refractivity contribution in [2.75, 3.05) is 19.5 Å². The van der Waals surface area contributed by atoms with Gasteiger partial charge in [0.2, 0.25) is 5.91 Å². The summed E-state index contributed by atoms with van der Waals surface area (Å²) in [6, 6.07) is 9.69. The minimum Gasteiger partial charge on any atom is -0.366 e. The van der Waals surface area contributed by atoms with Crippen LogP contribution < -0.4 is 11.1 Å². The number of halogens is 1. The first-order chi connectivity index (χ1) is 12.2. The van der Waals surface area contributed by atoms with E-state index in [9.17, 15) is 18.0 Å². The van der Waals surface area contributed by atoms with Gasteiger partial charge in [-0.05, 0) is 36.4 Å². The third-order valence-corrected chi connectivity index (χ3v) is 5.47. The fourth-order valence-corrected chi connectivity index (χ4v) is 3.33. The van der Waals surface area contributed by atoms with E-state index < -0.39 is 21.8 Å². The van der Waals surface area contributed by atoms with Crippen LogP contribution in [-0.4, -0.2) is 38.9 Å². The van der Waals surface area contributed by atoms with E-state index in [1.165, 1.54) is 56.6 Å². The largest absolute Gasteiger partial charge is 0.366 e. The van der Waals surface area contributed by atoms with E-state index in [0.29, 0.717) is 10.2 Å². The first-order valence-corrected chi connectivity index (χ1v) is 9.02. The number of hydrogen-bond donors (Lipinski definition) is 2. The molecule has 0 aliphatic heterocycles. The molecule has 10 heteroatoms. The molecule has 0 spiro atoms. The molecule has 0 radical (unpaired) electrons. The maximum absolute atomic E-state index is 12.4. The Morgan fingerprint density at radius 2 is 1.88 bits per heavy atom. The molecule has 2 aromatic carbocycles. The number of hydrogen-bond acceptors (Lipinski definition) is 5. The van der Waals surface area contributed by atoms with Crippen molar-refractivity contribution >= 4 is 39.1 Å². The zero-order chi connectivity index (χ0) is 19.5. The van der Waals surface area contributed by atoms with Crippen LogP contribution in [0.25, 0.3) is 0 Å². The average Bonchev–Trinajstić information content (AvgIpc) is 2.60. The Bertz CT molecular complexity index is 962. The summed E-state index contributed by atoms with van der Waals surface area (Å²) in [5.41, 5.74) is 5.74. The molecule has 0 atom stereocenters. The first-order valence-electron chi connectivity index (χ1n) is 7.20. The number of nitrogens with two attached hydrogens (primary N) is 1. The van der Waals surface area contributed by atoms with Crippen molar-refractivity contribution in [1.29, 1.82) is 0 Å². The lowest BCUT2D eigenvalue weighted by Gasteiger charge is -2.14. The summed E-state index contributed by atoms with van der Waals surface area (Å²) < 4.78 is 25.2. The van der Waals surface area contributed by atoms with Crippen LogP contribution in [0, 0.1) is 0 Å². The fourth-order valence-electron chi connectivity index (χ4n) is 2.04. The quantitative estimate of drug-likeness (QED) is 0.721. The molecule has 2 amide bonds. The van der Waals surface area contributed by atoms with Gasteiger partial charge in [-0.2, -0.15) is 0 Å². The summed E-state index contributed by atoms with van der Waals surface area (Å²) in [6.07, 6.45) is 0. The topological polar surface area (TPSA) is 119 Å². The highest BCUT2D eigenvalue weighted by molar-refractivity contribution is 7.89. The molecular weight excluding hydrogens is 382 g/mol. The standard InChI is InChI=1S/C16H16ClN3O5S/c1-20(25-2)26(23,24)12-5-3-4-10(8-12)16(22)19-11-6-7-13(15(18)21)14(17)9-11/h3-9H,1-2H3,(H2,18,21)(H,19,22). The number of anilines is 1. The van der Waals surface area contributed by atoms with Crippen molar-refractivity contribution in [2.24, 2.45) is 5.73 Å². The van der Waals surface area contributed by atoms with E-state index in [1.54, 1.807) is 0 Å². The monoisotopic (exact) mass is 397 g/mol. The number of rotatable bonds is 6. The molecular formula is C16H16ClN3O5S. The van der Waals surface area contributed by atoms with Gasteiger partial charge in [0.1, 0.15) is 0 Å². The van der Waals surface area contributed by atoms with Gasteiger partial charge < -0.3 is 11.1 Å². The molecule has 0 saturated heterocycles. The highest BCUT2D eigenvalue weighted by Crippen LogP contribution is 2.22. The number of nitrogens with zero attached hydrogens (tertiary/aromatic N) is 1. The van der Waals surface area contributed by atoms with E-state index in [-0.39, 0.29) is 21.0 Å². The molecule has 0 saturated carbocycles. The molecule has 0 aromatic heterocycles. The van der Waals surface area contributed by atoms with E-state index in [1.807, 2.05) is 0 Å². The third kappa shape index (κ3) is 4.20. The predicted octanol–water partition coefficient (Wildman–Crippen LogP) is 1.87. The van der Waals surface area contributed by atoms with Gasteiger partial charge in [-0.3, -0.25) is 14.4 Å². The Balaban J connectivity index is 2.27. The van der Waals surface area contributed by atoms with Crippen molar-refractivity contribution < 1.29 is 22.8 Å². The maximum atomic E-state index is 12.4. The van der Waals surface area contributed by atoms with Crippen LogP contribution in [0.4, 0.5) is 5.69 Å². The van der Waals surface area contributed by atoms with Gasteiger partial charge in [0.25, 0.3) is 15.9 Å². The summed E-state index contributed by atoms with van der Waals surface area (Å²) in [7, 11) is -1.42. The maximum Gasteiger partial charge on any atom is 0.264 e. The van der Waals surface area contributed by atoms with Gasteiger partial charge in [0, 0.05) is 18.3 Å². The first kappa shape index (κ1) is 19.9. The van der Waals surface area contributed by atoms with Crippen molar-refractivity contribution in [3.8, 4) is 0 Å². The molecule has 0 bridgehead atoms. The second-order valence-corrected chi connectivity index (χ2v) is 7.48.